The molecule has 0 spiro atoms. The van der Waals surface area contributed by atoms with Gasteiger partial charge in [-0.3, -0.25) is 4.98 Å². The molecular formula is C33H33F3N6O2. The molecule has 5 heterocycles. The number of hydrogen-bond donors (Lipinski definition) is 2. The predicted molar refractivity (Wildman–Crippen MR) is 160 cm³/mol. The minimum absolute atomic E-state index is 0.0254. The van der Waals surface area contributed by atoms with E-state index in [-0.39, 0.29) is 28.4 Å². The number of likely N-dealkylation sites (tertiary alicyclic amines) is 1. The molecule has 0 amide bonds. The number of phenols is 1. The number of nitrogens with zero attached hydrogens (tertiary/aromatic N) is 5. The summed E-state index contributed by atoms with van der Waals surface area (Å²) < 4.78 is 50.3. The number of alkyl halides is 2. The maximum atomic E-state index is 16.6. The molecule has 2 unspecified atom stereocenters. The molecule has 2 saturated carbocycles. The lowest BCUT2D eigenvalue weighted by Gasteiger charge is -2.34. The van der Waals surface area contributed by atoms with Gasteiger partial charge in [-0.25, -0.2) is 13.2 Å². The Morgan fingerprint density at radius 3 is 2.48 bits per heavy atom. The van der Waals surface area contributed by atoms with Crippen LogP contribution in [-0.2, 0) is 0 Å². The highest BCUT2D eigenvalue weighted by Gasteiger charge is 2.71. The zero-order valence-electron chi connectivity index (χ0n) is 24.1. The molecule has 2 aromatic carbocycles. The molecule has 2 aliphatic carbocycles. The van der Waals surface area contributed by atoms with Gasteiger partial charge in [-0.1, -0.05) is 24.3 Å². The van der Waals surface area contributed by atoms with E-state index in [0.717, 1.165) is 49.5 Å². The summed E-state index contributed by atoms with van der Waals surface area (Å²) in [5.74, 6) is -3.47. The minimum atomic E-state index is -2.49. The van der Waals surface area contributed by atoms with Gasteiger partial charge in [0.15, 0.2) is 5.82 Å². The Hall–Kier alpha value is -3.70. The number of phenolic OH excluding ortho intramolecular Hbond substituents is 1. The molecular weight excluding hydrogens is 569 g/mol. The standard InChI is InChI=1S/C33H33F3N6O2/c34-27-28(23-10-21(43)9-18-3-1-2-4-22(18)23)37-11-24-29(27)39-31(40-30(24)42-12-19-5-6-20(13-42)38-19)44-17-32(7-8-32)16-41-14-25-26(15-41)33(25,35)36/h1-4,9-11,19-20,25-26,38,43H,5-8,12-17H2/t19-,20+,25?,26?. The Morgan fingerprint density at radius 1 is 0.977 bits per heavy atom. The molecule has 8 nitrogen and oxygen atoms in total. The van der Waals surface area contributed by atoms with E-state index in [1.54, 1.807) is 12.3 Å². The van der Waals surface area contributed by atoms with Crippen molar-refractivity contribution in [2.75, 3.05) is 44.2 Å². The van der Waals surface area contributed by atoms with Crippen molar-refractivity contribution < 1.29 is 23.0 Å². The largest absolute Gasteiger partial charge is 0.508 e. The topological polar surface area (TPSA) is 86.6 Å². The maximum Gasteiger partial charge on any atom is 0.319 e. The van der Waals surface area contributed by atoms with Crippen molar-refractivity contribution >= 4 is 27.5 Å². The highest BCUT2D eigenvalue weighted by Crippen LogP contribution is 2.60. The molecule has 0 radical (unpaired) electrons. The van der Waals surface area contributed by atoms with Gasteiger partial charge in [0.05, 0.1) is 12.0 Å². The molecule has 4 atom stereocenters. The third-order valence-electron chi connectivity index (χ3n) is 10.6. The number of aromatic nitrogens is 3. The number of hydrogen-bond acceptors (Lipinski definition) is 8. The molecule has 2 bridgehead atoms. The Balaban J connectivity index is 1.07. The number of nitrogens with one attached hydrogen (secondary N) is 1. The summed E-state index contributed by atoms with van der Waals surface area (Å²) in [5.41, 5.74) is 0.582. The smallest absolute Gasteiger partial charge is 0.319 e. The van der Waals surface area contributed by atoms with Crippen LogP contribution in [0, 0.1) is 23.1 Å². The van der Waals surface area contributed by atoms with E-state index in [9.17, 15) is 13.9 Å². The van der Waals surface area contributed by atoms with Crippen LogP contribution in [0.2, 0.25) is 0 Å². The van der Waals surface area contributed by atoms with Gasteiger partial charge in [-0.05, 0) is 48.6 Å². The summed E-state index contributed by atoms with van der Waals surface area (Å²) in [6.45, 7) is 3.43. The molecule has 44 heavy (non-hydrogen) atoms. The van der Waals surface area contributed by atoms with Crippen LogP contribution in [0.3, 0.4) is 0 Å². The van der Waals surface area contributed by atoms with E-state index in [2.05, 4.69) is 25.1 Å². The van der Waals surface area contributed by atoms with Crippen molar-refractivity contribution in [3.8, 4) is 23.0 Å². The number of aromatic hydroxyl groups is 1. The molecule has 2 aromatic heterocycles. The van der Waals surface area contributed by atoms with Crippen LogP contribution in [0.4, 0.5) is 19.0 Å². The number of benzene rings is 2. The van der Waals surface area contributed by atoms with Gasteiger partial charge >= 0.3 is 6.01 Å². The zero-order chi connectivity index (χ0) is 29.8. The minimum Gasteiger partial charge on any atom is -0.508 e. The van der Waals surface area contributed by atoms with Crippen molar-refractivity contribution in [1.82, 2.24) is 25.2 Å². The summed E-state index contributed by atoms with van der Waals surface area (Å²) in [4.78, 5) is 18.3. The number of anilines is 1. The molecule has 3 aliphatic heterocycles. The number of rotatable bonds is 7. The van der Waals surface area contributed by atoms with E-state index in [1.807, 2.05) is 24.3 Å². The average molecular weight is 603 g/mol. The zero-order valence-corrected chi connectivity index (χ0v) is 24.1. The molecule has 3 saturated heterocycles. The van der Waals surface area contributed by atoms with Crippen LogP contribution in [-0.4, -0.2) is 82.3 Å². The van der Waals surface area contributed by atoms with Gasteiger partial charge in [0.1, 0.15) is 22.8 Å². The first-order chi connectivity index (χ1) is 21.3. The van der Waals surface area contributed by atoms with Gasteiger partial charge in [0.2, 0.25) is 0 Å². The second-order valence-corrected chi connectivity index (χ2v) is 13.6. The number of pyridine rings is 1. The summed E-state index contributed by atoms with van der Waals surface area (Å²) in [6.07, 6.45) is 5.70. The van der Waals surface area contributed by atoms with Crippen LogP contribution in [0.5, 0.6) is 11.8 Å². The first-order valence-corrected chi connectivity index (χ1v) is 15.6. The van der Waals surface area contributed by atoms with E-state index in [4.69, 9.17) is 9.72 Å². The molecule has 228 valence electrons. The monoisotopic (exact) mass is 602 g/mol. The van der Waals surface area contributed by atoms with E-state index in [1.165, 1.54) is 6.07 Å². The van der Waals surface area contributed by atoms with E-state index >= 15 is 4.39 Å². The number of piperazine rings is 1. The Bertz CT molecular complexity index is 1790. The fraction of sp³-hybridized carbons (Fsp3) is 0.485. The molecule has 11 heteroatoms. The first-order valence-electron chi connectivity index (χ1n) is 15.6. The Labute approximate surface area is 252 Å². The number of ether oxygens (including phenoxy) is 1. The second-order valence-electron chi connectivity index (χ2n) is 13.6. The summed E-state index contributed by atoms with van der Waals surface area (Å²) >= 11 is 0. The number of halogens is 3. The van der Waals surface area contributed by atoms with E-state index in [0.29, 0.717) is 55.1 Å². The van der Waals surface area contributed by atoms with Crippen LogP contribution in [0.15, 0.2) is 42.6 Å². The molecule has 9 rings (SSSR count). The van der Waals surface area contributed by atoms with E-state index < -0.39 is 23.6 Å². The fourth-order valence-corrected chi connectivity index (χ4v) is 7.91. The lowest BCUT2D eigenvalue weighted by molar-refractivity contribution is 0.0460. The molecule has 4 aromatic rings. The highest BCUT2D eigenvalue weighted by atomic mass is 19.3. The number of piperidine rings is 1. The third-order valence-corrected chi connectivity index (χ3v) is 10.6. The lowest BCUT2D eigenvalue weighted by atomic mass is 10.00. The van der Waals surface area contributed by atoms with Crippen molar-refractivity contribution in [2.45, 2.75) is 43.7 Å². The van der Waals surface area contributed by atoms with Crippen LogP contribution in [0.25, 0.3) is 32.9 Å². The highest BCUT2D eigenvalue weighted by molar-refractivity contribution is 5.99. The van der Waals surface area contributed by atoms with Crippen LogP contribution < -0.4 is 15.0 Å². The SMILES string of the molecule is Oc1cc(-c2ncc3c(N4C[C@H]5CC[C@@H](C4)N5)nc(OCC4(CN5CC6C(C5)C6(F)F)CC4)nc3c2F)c2ccccc2c1. The third kappa shape index (κ3) is 4.30. The first kappa shape index (κ1) is 26.7. The van der Waals surface area contributed by atoms with Crippen LogP contribution in [0.1, 0.15) is 25.7 Å². The number of fused-ring (bicyclic) bond motifs is 5. The van der Waals surface area contributed by atoms with Crippen molar-refractivity contribution in [3.05, 3.63) is 48.4 Å². The predicted octanol–water partition coefficient (Wildman–Crippen LogP) is 4.99. The average Bonchev–Trinajstić information content (AvgIpc) is 3.72. The quantitative estimate of drug-likeness (QED) is 0.306. The summed E-state index contributed by atoms with van der Waals surface area (Å²) in [7, 11) is 0. The van der Waals surface area contributed by atoms with Gasteiger partial charge in [0, 0.05) is 73.8 Å². The second kappa shape index (κ2) is 9.40. The summed E-state index contributed by atoms with van der Waals surface area (Å²) in [5, 5.41) is 16.1. The maximum absolute atomic E-state index is 16.6. The molecule has 5 fully saturated rings. The Kier molecular flexibility index (Phi) is 5.70. The van der Waals surface area contributed by atoms with Crippen molar-refractivity contribution in [3.63, 3.8) is 0 Å². The van der Waals surface area contributed by atoms with Gasteiger partial charge in [-0.2, -0.15) is 9.97 Å². The van der Waals surface area contributed by atoms with Gasteiger partial charge in [-0.15, -0.1) is 0 Å². The van der Waals surface area contributed by atoms with Crippen molar-refractivity contribution in [1.29, 1.82) is 0 Å². The normalized spacial score (nSPS) is 28.0. The molecule has 5 aliphatic rings. The summed E-state index contributed by atoms with van der Waals surface area (Å²) in [6, 6.07) is 11.5. The van der Waals surface area contributed by atoms with Crippen molar-refractivity contribution in [2.24, 2.45) is 17.3 Å². The van der Waals surface area contributed by atoms with Crippen LogP contribution >= 0.6 is 0 Å². The lowest BCUT2D eigenvalue weighted by Crippen LogP contribution is -2.51. The van der Waals surface area contributed by atoms with Gasteiger partial charge in [0.25, 0.3) is 5.92 Å². The Morgan fingerprint density at radius 2 is 1.73 bits per heavy atom. The fourth-order valence-electron chi connectivity index (χ4n) is 7.91. The molecule has 2 N–H and O–H groups in total. The van der Waals surface area contributed by atoms with Gasteiger partial charge < -0.3 is 25.0 Å².